The molecule has 2 unspecified atom stereocenters. The van der Waals surface area contributed by atoms with Crippen molar-refractivity contribution in [2.75, 3.05) is 19.8 Å². The lowest BCUT2D eigenvalue weighted by atomic mass is 9.76. The monoisotopic (exact) mass is 225 g/mol. The largest absolute Gasteiger partial charge is 0.386 e. The van der Waals surface area contributed by atoms with Crippen LogP contribution in [0.2, 0.25) is 0 Å². The lowest BCUT2D eigenvalue weighted by Gasteiger charge is -2.39. The molecule has 1 aromatic heterocycles. The van der Waals surface area contributed by atoms with E-state index < -0.39 is 6.10 Å². The maximum absolute atomic E-state index is 10.4. The second-order valence-electron chi connectivity index (χ2n) is 4.55. The number of hydrogen-bond acceptors (Lipinski definition) is 4. The summed E-state index contributed by atoms with van der Waals surface area (Å²) >= 11 is 0. The van der Waals surface area contributed by atoms with Crippen molar-refractivity contribution in [1.82, 2.24) is 9.55 Å². The highest BCUT2D eigenvalue weighted by Gasteiger charge is 2.40. The van der Waals surface area contributed by atoms with Crippen LogP contribution >= 0.6 is 0 Å². The van der Waals surface area contributed by atoms with Gasteiger partial charge in [-0.05, 0) is 12.8 Å². The Labute approximate surface area is 95.2 Å². The van der Waals surface area contributed by atoms with Gasteiger partial charge < -0.3 is 20.1 Å². The third-order valence-electron chi connectivity index (χ3n) is 3.47. The molecule has 2 rings (SSSR count). The zero-order chi connectivity index (χ0) is 11.6. The summed E-state index contributed by atoms with van der Waals surface area (Å²) in [5.74, 6) is 0. The summed E-state index contributed by atoms with van der Waals surface area (Å²) in [5.41, 5.74) is 6.27. The summed E-state index contributed by atoms with van der Waals surface area (Å²) in [4.78, 5) is 4.02. The molecule has 5 heteroatoms. The van der Waals surface area contributed by atoms with Crippen LogP contribution in [0.5, 0.6) is 0 Å². The molecule has 2 atom stereocenters. The van der Waals surface area contributed by atoms with Gasteiger partial charge >= 0.3 is 0 Å². The van der Waals surface area contributed by atoms with E-state index in [2.05, 4.69) is 4.98 Å². The Morgan fingerprint density at radius 1 is 1.75 bits per heavy atom. The Hall–Kier alpha value is -0.910. The van der Waals surface area contributed by atoms with Gasteiger partial charge in [-0.25, -0.2) is 4.98 Å². The molecule has 1 aliphatic heterocycles. The Morgan fingerprint density at radius 3 is 3.06 bits per heavy atom. The Kier molecular flexibility index (Phi) is 3.28. The van der Waals surface area contributed by atoms with Crippen LogP contribution in [-0.2, 0) is 11.8 Å². The van der Waals surface area contributed by atoms with Crippen molar-refractivity contribution in [3.63, 3.8) is 0 Å². The Balaban J connectivity index is 2.24. The highest BCUT2D eigenvalue weighted by Crippen LogP contribution is 2.39. The molecule has 0 amide bonds. The number of ether oxygens (including phenoxy) is 1. The standard InChI is InChI=1S/C11H19N3O2/c1-14-8-13-5-9(14)10(15)11(6-12)3-2-4-16-7-11/h5,8,10,15H,2-4,6-7,12H2,1H3. The summed E-state index contributed by atoms with van der Waals surface area (Å²) in [6.07, 6.45) is 4.62. The highest BCUT2D eigenvalue weighted by molar-refractivity contribution is 5.08. The third kappa shape index (κ3) is 1.86. The summed E-state index contributed by atoms with van der Waals surface area (Å²) in [6, 6.07) is 0. The fourth-order valence-corrected chi connectivity index (χ4v) is 2.31. The van der Waals surface area contributed by atoms with E-state index in [0.717, 1.165) is 25.1 Å². The van der Waals surface area contributed by atoms with Gasteiger partial charge in [0.2, 0.25) is 0 Å². The molecule has 1 saturated heterocycles. The van der Waals surface area contributed by atoms with Gasteiger partial charge in [-0.3, -0.25) is 0 Å². The summed E-state index contributed by atoms with van der Waals surface area (Å²) < 4.78 is 7.30. The van der Waals surface area contributed by atoms with Crippen molar-refractivity contribution in [2.45, 2.75) is 18.9 Å². The molecule has 2 heterocycles. The number of imidazole rings is 1. The van der Waals surface area contributed by atoms with E-state index in [0.29, 0.717) is 13.2 Å². The minimum absolute atomic E-state index is 0.355. The van der Waals surface area contributed by atoms with Crippen LogP contribution in [0.4, 0.5) is 0 Å². The van der Waals surface area contributed by atoms with Gasteiger partial charge in [-0.1, -0.05) is 0 Å². The summed E-state index contributed by atoms with van der Waals surface area (Å²) in [6.45, 7) is 1.72. The molecule has 90 valence electrons. The molecular formula is C11H19N3O2. The number of nitrogens with zero attached hydrogens (tertiary/aromatic N) is 2. The molecule has 16 heavy (non-hydrogen) atoms. The van der Waals surface area contributed by atoms with Crippen molar-refractivity contribution < 1.29 is 9.84 Å². The highest BCUT2D eigenvalue weighted by atomic mass is 16.5. The Morgan fingerprint density at radius 2 is 2.56 bits per heavy atom. The van der Waals surface area contributed by atoms with Gasteiger partial charge in [-0.2, -0.15) is 0 Å². The predicted molar refractivity (Wildman–Crippen MR) is 59.7 cm³/mol. The van der Waals surface area contributed by atoms with E-state index in [1.165, 1.54) is 0 Å². The maximum Gasteiger partial charge on any atom is 0.105 e. The van der Waals surface area contributed by atoms with Gasteiger partial charge in [0.25, 0.3) is 0 Å². The second-order valence-corrected chi connectivity index (χ2v) is 4.55. The Bertz CT molecular complexity index is 345. The van der Waals surface area contributed by atoms with Gasteiger partial charge in [0.15, 0.2) is 0 Å². The molecule has 3 N–H and O–H groups in total. The van der Waals surface area contributed by atoms with Crippen molar-refractivity contribution in [3.05, 3.63) is 18.2 Å². The van der Waals surface area contributed by atoms with Crippen LogP contribution in [0.1, 0.15) is 24.6 Å². The van der Waals surface area contributed by atoms with Crippen LogP contribution in [0.3, 0.4) is 0 Å². The van der Waals surface area contributed by atoms with Crippen molar-refractivity contribution >= 4 is 0 Å². The maximum atomic E-state index is 10.4. The lowest BCUT2D eigenvalue weighted by Crippen LogP contribution is -2.44. The molecular weight excluding hydrogens is 206 g/mol. The number of aryl methyl sites for hydroxylation is 1. The van der Waals surface area contributed by atoms with Gasteiger partial charge in [0.05, 0.1) is 24.8 Å². The molecule has 1 fully saturated rings. The molecule has 0 aliphatic carbocycles. The minimum atomic E-state index is -0.606. The average Bonchev–Trinajstić information content (AvgIpc) is 2.75. The predicted octanol–water partition coefficient (Wildman–Crippen LogP) is 0.209. The minimum Gasteiger partial charge on any atom is -0.386 e. The van der Waals surface area contributed by atoms with Gasteiger partial charge in [-0.15, -0.1) is 0 Å². The fourth-order valence-electron chi connectivity index (χ4n) is 2.31. The SMILES string of the molecule is Cn1cncc1C(O)C1(CN)CCCOC1. The van der Waals surface area contributed by atoms with Gasteiger partial charge in [0, 0.05) is 25.6 Å². The molecule has 0 spiro atoms. The van der Waals surface area contributed by atoms with E-state index in [1.807, 2.05) is 11.6 Å². The zero-order valence-electron chi connectivity index (χ0n) is 9.59. The number of aromatic nitrogens is 2. The number of hydrogen-bond donors (Lipinski definition) is 2. The summed E-state index contributed by atoms with van der Waals surface area (Å²) in [5, 5.41) is 10.4. The number of aliphatic hydroxyl groups excluding tert-OH is 1. The van der Waals surface area contributed by atoms with E-state index >= 15 is 0 Å². The molecule has 0 radical (unpaired) electrons. The molecule has 0 bridgehead atoms. The zero-order valence-corrected chi connectivity index (χ0v) is 9.59. The smallest absolute Gasteiger partial charge is 0.105 e. The van der Waals surface area contributed by atoms with E-state index in [4.69, 9.17) is 10.5 Å². The number of nitrogens with two attached hydrogens (primary N) is 1. The van der Waals surface area contributed by atoms with Crippen LogP contribution < -0.4 is 5.73 Å². The van der Waals surface area contributed by atoms with Crippen LogP contribution in [-0.4, -0.2) is 34.4 Å². The molecule has 1 aliphatic rings. The van der Waals surface area contributed by atoms with Crippen LogP contribution in [0.15, 0.2) is 12.5 Å². The summed E-state index contributed by atoms with van der Waals surface area (Å²) in [7, 11) is 1.87. The molecule has 0 aromatic carbocycles. The van der Waals surface area contributed by atoms with E-state index in [9.17, 15) is 5.11 Å². The molecule has 1 aromatic rings. The van der Waals surface area contributed by atoms with Crippen molar-refractivity contribution in [3.8, 4) is 0 Å². The quantitative estimate of drug-likeness (QED) is 0.771. The number of aliphatic hydroxyl groups is 1. The van der Waals surface area contributed by atoms with Crippen LogP contribution in [0, 0.1) is 5.41 Å². The first kappa shape index (κ1) is 11.6. The third-order valence-corrected chi connectivity index (χ3v) is 3.47. The number of rotatable bonds is 3. The van der Waals surface area contributed by atoms with Gasteiger partial charge in [0.1, 0.15) is 6.10 Å². The van der Waals surface area contributed by atoms with Crippen molar-refractivity contribution in [1.29, 1.82) is 0 Å². The first-order valence-electron chi connectivity index (χ1n) is 5.62. The first-order valence-corrected chi connectivity index (χ1v) is 5.62. The topological polar surface area (TPSA) is 73.3 Å². The lowest BCUT2D eigenvalue weighted by molar-refractivity contribution is -0.0805. The fraction of sp³-hybridized carbons (Fsp3) is 0.727. The second kappa shape index (κ2) is 4.53. The van der Waals surface area contributed by atoms with E-state index in [1.54, 1.807) is 12.5 Å². The van der Waals surface area contributed by atoms with E-state index in [-0.39, 0.29) is 5.41 Å². The molecule has 0 saturated carbocycles. The average molecular weight is 225 g/mol. The normalized spacial score (nSPS) is 27.9. The van der Waals surface area contributed by atoms with Crippen LogP contribution in [0.25, 0.3) is 0 Å². The first-order chi connectivity index (χ1) is 7.69. The van der Waals surface area contributed by atoms with Crippen molar-refractivity contribution in [2.24, 2.45) is 18.2 Å². The molecule has 5 nitrogen and oxygen atoms in total.